The van der Waals surface area contributed by atoms with Crippen molar-refractivity contribution in [2.45, 2.75) is 6.04 Å². The molecule has 92 valence electrons. The Balaban J connectivity index is 1.63. The van der Waals surface area contributed by atoms with Crippen LogP contribution in [0.5, 0.6) is 0 Å². The number of halogens is 1. The maximum atomic E-state index is 6.05. The van der Waals surface area contributed by atoms with Gasteiger partial charge in [0, 0.05) is 38.6 Å². The van der Waals surface area contributed by atoms with Crippen molar-refractivity contribution in [1.29, 1.82) is 0 Å². The molecule has 17 heavy (non-hydrogen) atoms. The van der Waals surface area contributed by atoms with Gasteiger partial charge in [-0.2, -0.15) is 0 Å². The van der Waals surface area contributed by atoms with Gasteiger partial charge in [-0.15, -0.1) is 0 Å². The van der Waals surface area contributed by atoms with E-state index in [2.05, 4.69) is 19.8 Å². The number of hydrogen-bond acceptors (Lipinski definition) is 5. The fourth-order valence-electron chi connectivity index (χ4n) is 2.26. The number of ether oxygens (including phenoxy) is 1. The van der Waals surface area contributed by atoms with Crippen LogP contribution in [-0.4, -0.2) is 60.3 Å². The lowest BCUT2D eigenvalue weighted by Gasteiger charge is -2.42. The summed E-state index contributed by atoms with van der Waals surface area (Å²) >= 11 is 6.05. The molecule has 2 aliphatic rings. The summed E-state index contributed by atoms with van der Waals surface area (Å²) in [7, 11) is 0. The lowest BCUT2D eigenvalue weighted by atomic mass is 10.2. The highest BCUT2D eigenvalue weighted by Gasteiger charge is 2.29. The van der Waals surface area contributed by atoms with E-state index in [1.165, 1.54) is 0 Å². The summed E-state index contributed by atoms with van der Waals surface area (Å²) in [6, 6.07) is 0.620. The molecule has 1 aromatic heterocycles. The fraction of sp³-hybridized carbons (Fsp3) is 0.636. The molecule has 2 aliphatic heterocycles. The van der Waals surface area contributed by atoms with E-state index in [0.717, 1.165) is 45.2 Å². The highest BCUT2D eigenvalue weighted by Crippen LogP contribution is 2.22. The van der Waals surface area contributed by atoms with Gasteiger partial charge in [-0.05, 0) is 0 Å². The molecule has 1 aromatic rings. The molecular weight excluding hydrogens is 240 g/mol. The Labute approximate surface area is 105 Å². The second kappa shape index (κ2) is 4.76. The summed E-state index contributed by atoms with van der Waals surface area (Å²) in [6.07, 6.45) is 3.31. The van der Waals surface area contributed by atoms with Crippen molar-refractivity contribution in [3.63, 3.8) is 0 Å². The Morgan fingerprint density at radius 2 is 1.82 bits per heavy atom. The number of hydrogen-bond donors (Lipinski definition) is 0. The van der Waals surface area contributed by atoms with Gasteiger partial charge in [0.2, 0.25) is 0 Å². The summed E-state index contributed by atoms with van der Waals surface area (Å²) in [5.74, 6) is 0.804. The largest absolute Gasteiger partial charge is 0.378 e. The van der Waals surface area contributed by atoms with Crippen LogP contribution in [0.15, 0.2) is 12.4 Å². The lowest BCUT2D eigenvalue weighted by molar-refractivity contribution is -0.0661. The first-order chi connectivity index (χ1) is 8.34. The van der Waals surface area contributed by atoms with Gasteiger partial charge in [-0.1, -0.05) is 11.6 Å². The third-order valence-corrected chi connectivity index (χ3v) is 3.65. The Kier molecular flexibility index (Phi) is 3.13. The Morgan fingerprint density at radius 3 is 2.41 bits per heavy atom. The van der Waals surface area contributed by atoms with Crippen molar-refractivity contribution >= 4 is 17.4 Å². The van der Waals surface area contributed by atoms with E-state index in [1.807, 2.05) is 0 Å². The van der Waals surface area contributed by atoms with Crippen molar-refractivity contribution in [1.82, 2.24) is 14.9 Å². The molecule has 3 heterocycles. The number of anilines is 1. The van der Waals surface area contributed by atoms with Gasteiger partial charge >= 0.3 is 0 Å². The molecule has 2 saturated heterocycles. The Morgan fingerprint density at radius 1 is 1.12 bits per heavy atom. The van der Waals surface area contributed by atoms with Gasteiger partial charge in [-0.3, -0.25) is 4.90 Å². The second-order valence-electron chi connectivity index (χ2n) is 4.39. The highest BCUT2D eigenvalue weighted by atomic mass is 35.5. The summed E-state index contributed by atoms with van der Waals surface area (Å²) in [4.78, 5) is 13.0. The van der Waals surface area contributed by atoms with E-state index in [0.29, 0.717) is 11.2 Å². The van der Waals surface area contributed by atoms with Crippen LogP contribution in [0.3, 0.4) is 0 Å². The fourth-order valence-corrected chi connectivity index (χ4v) is 2.48. The molecule has 2 fully saturated rings. The SMILES string of the molecule is Clc1nccnc1N1CCN(C2COC2)CC1. The van der Waals surface area contributed by atoms with Crippen LogP contribution >= 0.6 is 11.6 Å². The molecule has 0 bridgehead atoms. The molecule has 0 aromatic carbocycles. The quantitative estimate of drug-likeness (QED) is 0.775. The van der Waals surface area contributed by atoms with E-state index in [4.69, 9.17) is 16.3 Å². The van der Waals surface area contributed by atoms with Gasteiger partial charge in [0.1, 0.15) is 0 Å². The van der Waals surface area contributed by atoms with Gasteiger partial charge in [0.25, 0.3) is 0 Å². The zero-order chi connectivity index (χ0) is 11.7. The molecule has 0 radical (unpaired) electrons. The third-order valence-electron chi connectivity index (χ3n) is 3.39. The molecule has 3 rings (SSSR count). The molecule has 0 amide bonds. The summed E-state index contributed by atoms with van der Waals surface area (Å²) < 4.78 is 5.22. The van der Waals surface area contributed by atoms with Gasteiger partial charge < -0.3 is 9.64 Å². The van der Waals surface area contributed by atoms with Crippen LogP contribution < -0.4 is 4.90 Å². The zero-order valence-electron chi connectivity index (χ0n) is 9.55. The average Bonchev–Trinajstić information content (AvgIpc) is 2.29. The number of aromatic nitrogens is 2. The molecular formula is C11H15ClN4O. The Hall–Kier alpha value is -0.910. The Bertz CT molecular complexity index is 391. The van der Waals surface area contributed by atoms with Gasteiger partial charge in [-0.25, -0.2) is 9.97 Å². The number of rotatable bonds is 2. The van der Waals surface area contributed by atoms with Gasteiger partial charge in [0.15, 0.2) is 11.0 Å². The predicted octanol–water partition coefficient (Wildman–Crippen LogP) is 0.651. The van der Waals surface area contributed by atoms with E-state index in [-0.39, 0.29) is 0 Å². The molecule has 0 saturated carbocycles. The average molecular weight is 255 g/mol. The van der Waals surface area contributed by atoms with Crippen molar-refractivity contribution < 1.29 is 4.74 Å². The summed E-state index contributed by atoms with van der Waals surface area (Å²) in [5, 5.41) is 0.493. The first-order valence-electron chi connectivity index (χ1n) is 5.88. The second-order valence-corrected chi connectivity index (χ2v) is 4.74. The van der Waals surface area contributed by atoms with Crippen LogP contribution in [0.4, 0.5) is 5.82 Å². The number of nitrogens with zero attached hydrogens (tertiary/aromatic N) is 4. The molecule has 5 nitrogen and oxygen atoms in total. The molecule has 0 atom stereocenters. The van der Waals surface area contributed by atoms with E-state index < -0.39 is 0 Å². The van der Waals surface area contributed by atoms with E-state index >= 15 is 0 Å². The molecule has 6 heteroatoms. The minimum absolute atomic E-state index is 0.493. The highest BCUT2D eigenvalue weighted by molar-refractivity contribution is 6.31. The molecule has 0 unspecified atom stereocenters. The van der Waals surface area contributed by atoms with Crippen molar-refractivity contribution in [3.05, 3.63) is 17.5 Å². The van der Waals surface area contributed by atoms with E-state index in [1.54, 1.807) is 12.4 Å². The minimum atomic E-state index is 0.493. The maximum absolute atomic E-state index is 6.05. The monoisotopic (exact) mass is 254 g/mol. The summed E-state index contributed by atoms with van der Waals surface area (Å²) in [6.45, 7) is 5.75. The van der Waals surface area contributed by atoms with Crippen LogP contribution in [0.2, 0.25) is 5.15 Å². The number of piperazine rings is 1. The van der Waals surface area contributed by atoms with Crippen LogP contribution in [0.25, 0.3) is 0 Å². The summed E-state index contributed by atoms with van der Waals surface area (Å²) in [5.41, 5.74) is 0. The van der Waals surface area contributed by atoms with Gasteiger partial charge in [0.05, 0.1) is 19.3 Å². The van der Waals surface area contributed by atoms with Crippen molar-refractivity contribution in [2.75, 3.05) is 44.3 Å². The normalized spacial score (nSPS) is 22.5. The van der Waals surface area contributed by atoms with E-state index in [9.17, 15) is 0 Å². The topological polar surface area (TPSA) is 41.5 Å². The first kappa shape index (κ1) is 11.2. The zero-order valence-corrected chi connectivity index (χ0v) is 10.3. The maximum Gasteiger partial charge on any atom is 0.171 e. The first-order valence-corrected chi connectivity index (χ1v) is 6.25. The van der Waals surface area contributed by atoms with Crippen molar-refractivity contribution in [2.24, 2.45) is 0 Å². The molecule has 0 aliphatic carbocycles. The molecule has 0 spiro atoms. The lowest BCUT2D eigenvalue weighted by Crippen LogP contribution is -2.56. The molecule has 0 N–H and O–H groups in total. The van der Waals surface area contributed by atoms with Crippen molar-refractivity contribution in [3.8, 4) is 0 Å². The predicted molar refractivity (Wildman–Crippen MR) is 65.4 cm³/mol. The smallest absolute Gasteiger partial charge is 0.171 e. The standard InChI is InChI=1S/C11H15ClN4O/c12-10-11(14-2-1-13-10)16-5-3-15(4-6-16)9-7-17-8-9/h1-2,9H,3-8H2. The van der Waals surface area contributed by atoms with Crippen LogP contribution in [0, 0.1) is 0 Å². The van der Waals surface area contributed by atoms with Crippen LogP contribution in [0.1, 0.15) is 0 Å². The third kappa shape index (κ3) is 2.22. The minimum Gasteiger partial charge on any atom is -0.378 e. The van der Waals surface area contributed by atoms with Crippen LogP contribution in [-0.2, 0) is 4.74 Å².